The summed E-state index contributed by atoms with van der Waals surface area (Å²) in [4.78, 5) is 17.9. The van der Waals surface area contributed by atoms with Crippen LogP contribution in [0.15, 0.2) is 24.4 Å². The predicted octanol–water partition coefficient (Wildman–Crippen LogP) is 2.72. The smallest absolute Gasteiger partial charge is 0.267 e. The Morgan fingerprint density at radius 2 is 1.93 bits per heavy atom. The topological polar surface area (TPSA) is 97.8 Å². The lowest BCUT2D eigenvalue weighted by Crippen LogP contribution is -2.61. The van der Waals surface area contributed by atoms with Crippen LogP contribution in [-0.4, -0.2) is 51.4 Å². The molecule has 2 aromatic rings. The van der Waals surface area contributed by atoms with Crippen molar-refractivity contribution in [3.8, 4) is 11.5 Å². The van der Waals surface area contributed by atoms with E-state index in [-0.39, 0.29) is 16.4 Å². The van der Waals surface area contributed by atoms with Gasteiger partial charge in [0.25, 0.3) is 5.91 Å². The molecule has 1 aliphatic rings. The Balaban J connectivity index is 1.77. The maximum Gasteiger partial charge on any atom is 0.267 e. The van der Waals surface area contributed by atoms with Gasteiger partial charge in [0.15, 0.2) is 11.6 Å². The van der Waals surface area contributed by atoms with E-state index in [1.807, 2.05) is 11.8 Å². The fourth-order valence-electron chi connectivity index (χ4n) is 2.87. The van der Waals surface area contributed by atoms with Crippen molar-refractivity contribution in [2.45, 2.75) is 12.5 Å². The molecule has 0 radical (unpaired) electrons. The van der Waals surface area contributed by atoms with Gasteiger partial charge in [-0.2, -0.15) is 0 Å². The minimum Gasteiger partial charge on any atom is -0.452 e. The SMILES string of the molecule is COC1(C)CN(c2ncc(Oc3cc(F)c(C(=O)NS(C)(=O)=O)cc3F)cc2Cl)C1. The highest BCUT2D eigenvalue weighted by Gasteiger charge is 2.40. The number of pyridine rings is 1. The summed E-state index contributed by atoms with van der Waals surface area (Å²) in [5.41, 5.74) is -1.07. The molecule has 12 heteroatoms. The van der Waals surface area contributed by atoms with E-state index >= 15 is 0 Å². The highest BCUT2D eigenvalue weighted by molar-refractivity contribution is 7.89. The third-order valence-electron chi connectivity index (χ3n) is 4.41. The fraction of sp³-hybridized carbons (Fsp3) is 0.333. The van der Waals surface area contributed by atoms with Crippen LogP contribution in [0, 0.1) is 11.6 Å². The Hall–Kier alpha value is -2.50. The molecule has 1 aromatic heterocycles. The number of carbonyl (C=O) groups is 1. The predicted molar refractivity (Wildman–Crippen MR) is 106 cm³/mol. The molecule has 0 aliphatic carbocycles. The third kappa shape index (κ3) is 4.79. The molecular weight excluding hydrogens is 444 g/mol. The van der Waals surface area contributed by atoms with E-state index in [1.54, 1.807) is 11.8 Å². The quantitative estimate of drug-likeness (QED) is 0.706. The molecule has 2 heterocycles. The summed E-state index contributed by atoms with van der Waals surface area (Å²) in [6.07, 6.45) is 2.01. The van der Waals surface area contributed by atoms with Crippen molar-refractivity contribution in [1.82, 2.24) is 9.71 Å². The number of ether oxygens (including phenoxy) is 2. The average molecular weight is 462 g/mol. The lowest BCUT2D eigenvalue weighted by molar-refractivity contribution is -0.0171. The number of hydrogen-bond acceptors (Lipinski definition) is 7. The number of rotatable bonds is 6. The molecule has 1 saturated heterocycles. The zero-order valence-electron chi connectivity index (χ0n) is 16.2. The van der Waals surface area contributed by atoms with Crippen molar-refractivity contribution in [3.63, 3.8) is 0 Å². The molecule has 8 nitrogen and oxygen atoms in total. The molecule has 1 fully saturated rings. The number of sulfonamides is 1. The molecule has 1 aliphatic heterocycles. The second-order valence-electron chi connectivity index (χ2n) is 7.05. The van der Waals surface area contributed by atoms with Gasteiger partial charge in [-0.3, -0.25) is 4.79 Å². The first-order valence-electron chi connectivity index (χ1n) is 8.55. The van der Waals surface area contributed by atoms with Crippen LogP contribution in [0.3, 0.4) is 0 Å². The van der Waals surface area contributed by atoms with E-state index < -0.39 is 38.9 Å². The number of halogens is 3. The largest absolute Gasteiger partial charge is 0.452 e. The molecule has 0 unspecified atom stereocenters. The van der Waals surface area contributed by atoms with Crippen LogP contribution in [0.2, 0.25) is 5.02 Å². The molecule has 0 bridgehead atoms. The highest BCUT2D eigenvalue weighted by Crippen LogP contribution is 2.36. The van der Waals surface area contributed by atoms with Gasteiger partial charge in [0.2, 0.25) is 10.0 Å². The lowest BCUT2D eigenvalue weighted by atomic mass is 9.96. The second kappa shape index (κ2) is 7.97. The van der Waals surface area contributed by atoms with Crippen LogP contribution in [0.5, 0.6) is 11.5 Å². The van der Waals surface area contributed by atoms with E-state index in [1.165, 1.54) is 12.3 Å². The van der Waals surface area contributed by atoms with Gasteiger partial charge in [-0.1, -0.05) is 11.6 Å². The Labute approximate surface area is 176 Å². The van der Waals surface area contributed by atoms with Crippen molar-refractivity contribution in [3.05, 3.63) is 46.6 Å². The Morgan fingerprint density at radius 1 is 1.27 bits per heavy atom. The normalized spacial score (nSPS) is 15.5. The van der Waals surface area contributed by atoms with Crippen LogP contribution >= 0.6 is 11.6 Å². The summed E-state index contributed by atoms with van der Waals surface area (Å²) in [5.74, 6) is -3.52. The molecule has 0 atom stereocenters. The van der Waals surface area contributed by atoms with Crippen LogP contribution in [0.25, 0.3) is 0 Å². The van der Waals surface area contributed by atoms with Crippen LogP contribution in [-0.2, 0) is 14.8 Å². The van der Waals surface area contributed by atoms with Crippen molar-refractivity contribution in [1.29, 1.82) is 0 Å². The molecular formula is C18H18ClF2N3O5S. The highest BCUT2D eigenvalue weighted by atomic mass is 35.5. The van der Waals surface area contributed by atoms with Gasteiger partial charge in [0.1, 0.15) is 17.4 Å². The van der Waals surface area contributed by atoms with Gasteiger partial charge in [0, 0.05) is 19.2 Å². The van der Waals surface area contributed by atoms with Crippen molar-refractivity contribution < 1.29 is 31.5 Å². The van der Waals surface area contributed by atoms with Gasteiger partial charge in [-0.15, -0.1) is 0 Å². The van der Waals surface area contributed by atoms with Gasteiger partial charge in [0.05, 0.1) is 41.7 Å². The number of nitrogens with one attached hydrogen (secondary N) is 1. The Bertz CT molecular complexity index is 1110. The summed E-state index contributed by atoms with van der Waals surface area (Å²) >= 11 is 6.24. The van der Waals surface area contributed by atoms with E-state index in [0.29, 0.717) is 37.3 Å². The van der Waals surface area contributed by atoms with Crippen LogP contribution < -0.4 is 14.4 Å². The number of amides is 1. The van der Waals surface area contributed by atoms with Gasteiger partial charge in [-0.25, -0.2) is 26.9 Å². The number of carbonyl (C=O) groups excluding carboxylic acids is 1. The standard InChI is InChI=1S/C18H18ClF2N3O5S/c1-18(28-2)8-24(9-18)16-12(19)4-10(7-22-16)29-15-6-13(20)11(5-14(15)21)17(25)23-30(3,26)27/h4-7H,8-9H2,1-3H3,(H,23,25). The lowest BCUT2D eigenvalue weighted by Gasteiger charge is -2.47. The third-order valence-corrected chi connectivity index (χ3v) is 5.25. The van der Waals surface area contributed by atoms with Gasteiger partial charge < -0.3 is 14.4 Å². The molecule has 0 spiro atoms. The first-order chi connectivity index (χ1) is 13.9. The number of methoxy groups -OCH3 is 1. The molecule has 1 amide bonds. The Kier molecular flexibility index (Phi) is 5.89. The monoisotopic (exact) mass is 461 g/mol. The van der Waals surface area contributed by atoms with E-state index in [0.717, 1.165) is 0 Å². The second-order valence-corrected chi connectivity index (χ2v) is 9.21. The summed E-state index contributed by atoms with van der Waals surface area (Å²) in [5, 5.41) is 0.246. The molecule has 1 N–H and O–H groups in total. The first-order valence-corrected chi connectivity index (χ1v) is 10.8. The zero-order chi connectivity index (χ0) is 22.3. The minimum absolute atomic E-state index is 0.0467. The molecule has 30 heavy (non-hydrogen) atoms. The number of aromatic nitrogens is 1. The fourth-order valence-corrected chi connectivity index (χ4v) is 3.60. The molecule has 0 saturated carbocycles. The maximum atomic E-state index is 14.3. The van der Waals surface area contributed by atoms with Gasteiger partial charge >= 0.3 is 0 Å². The van der Waals surface area contributed by atoms with Crippen LogP contribution in [0.4, 0.5) is 14.6 Å². The number of hydrogen-bond donors (Lipinski definition) is 1. The minimum atomic E-state index is -3.94. The van der Waals surface area contributed by atoms with E-state index in [4.69, 9.17) is 21.1 Å². The van der Waals surface area contributed by atoms with Crippen molar-refractivity contribution in [2.24, 2.45) is 0 Å². The first kappa shape index (κ1) is 22.2. The summed E-state index contributed by atoms with van der Waals surface area (Å²) < 4.78 is 63.0. The summed E-state index contributed by atoms with van der Waals surface area (Å²) in [7, 11) is -2.32. The van der Waals surface area contributed by atoms with Gasteiger partial charge in [-0.05, 0) is 13.0 Å². The summed E-state index contributed by atoms with van der Waals surface area (Å²) in [6, 6.07) is 2.57. The molecule has 1 aromatic carbocycles. The van der Waals surface area contributed by atoms with E-state index in [2.05, 4.69) is 4.98 Å². The Morgan fingerprint density at radius 3 is 2.50 bits per heavy atom. The average Bonchev–Trinajstić information content (AvgIpc) is 2.60. The van der Waals surface area contributed by atoms with Crippen molar-refractivity contribution >= 4 is 33.3 Å². The van der Waals surface area contributed by atoms with Crippen molar-refractivity contribution in [2.75, 3.05) is 31.4 Å². The van der Waals surface area contributed by atoms with Crippen LogP contribution in [0.1, 0.15) is 17.3 Å². The number of nitrogens with zero attached hydrogens (tertiary/aromatic N) is 2. The number of benzene rings is 1. The zero-order valence-corrected chi connectivity index (χ0v) is 17.8. The molecule has 3 rings (SSSR count). The maximum absolute atomic E-state index is 14.3. The van der Waals surface area contributed by atoms with E-state index in [9.17, 15) is 22.0 Å². The summed E-state index contributed by atoms with van der Waals surface area (Å²) in [6.45, 7) is 3.13. The molecule has 162 valence electrons. The number of anilines is 1.